The van der Waals surface area contributed by atoms with E-state index in [0.717, 1.165) is 30.6 Å². The molecule has 2 aliphatic heterocycles. The van der Waals surface area contributed by atoms with Crippen molar-refractivity contribution in [1.29, 1.82) is 0 Å². The van der Waals surface area contributed by atoms with Gasteiger partial charge in [-0.3, -0.25) is 9.78 Å². The standard InChI is InChI=1S/C26H28ClN3O3/c27-24-4-3-22(15-25(24)29-7-10-32-11-8-29)26(31)30-9-12-33-18-20(17-30)13-19-1-2-21-5-6-28-16-23(21)14-19/h1-6,14-16,20H,7-13,17-18H2. The predicted octanol–water partition coefficient (Wildman–Crippen LogP) is 4.06. The fourth-order valence-corrected chi connectivity index (χ4v) is 4.90. The SMILES string of the molecule is O=C(c1ccc(Cl)c(N2CCOCC2)c1)N1CCOCC(Cc2ccc3ccncc3c2)C1. The van der Waals surface area contributed by atoms with Crippen molar-refractivity contribution in [2.75, 3.05) is 57.5 Å². The van der Waals surface area contributed by atoms with Gasteiger partial charge in [0, 0.05) is 55.4 Å². The summed E-state index contributed by atoms with van der Waals surface area (Å²) in [7, 11) is 0. The number of hydrogen-bond acceptors (Lipinski definition) is 5. The summed E-state index contributed by atoms with van der Waals surface area (Å²) < 4.78 is 11.3. The summed E-state index contributed by atoms with van der Waals surface area (Å²) in [6.07, 6.45) is 4.56. The lowest BCUT2D eigenvalue weighted by Crippen LogP contribution is -2.38. The largest absolute Gasteiger partial charge is 0.379 e. The van der Waals surface area contributed by atoms with Crippen molar-refractivity contribution >= 4 is 34.0 Å². The summed E-state index contributed by atoms with van der Waals surface area (Å²) in [5.74, 6) is 0.260. The van der Waals surface area contributed by atoms with Crippen LogP contribution in [0.2, 0.25) is 5.02 Å². The molecule has 2 aliphatic rings. The first kappa shape index (κ1) is 22.1. The maximum absolute atomic E-state index is 13.4. The Labute approximate surface area is 199 Å². The van der Waals surface area contributed by atoms with E-state index in [1.165, 1.54) is 10.9 Å². The number of carbonyl (C=O) groups is 1. The summed E-state index contributed by atoms with van der Waals surface area (Å²) in [6.45, 7) is 5.35. The van der Waals surface area contributed by atoms with Crippen molar-refractivity contribution in [2.45, 2.75) is 6.42 Å². The lowest BCUT2D eigenvalue weighted by molar-refractivity contribution is 0.0737. The summed E-state index contributed by atoms with van der Waals surface area (Å²) in [6, 6.07) is 14.1. The molecule has 3 heterocycles. The number of rotatable bonds is 4. The first-order valence-corrected chi connectivity index (χ1v) is 11.9. The van der Waals surface area contributed by atoms with E-state index in [9.17, 15) is 4.79 Å². The number of ether oxygens (including phenoxy) is 2. The molecule has 0 radical (unpaired) electrons. The topological polar surface area (TPSA) is 54.9 Å². The minimum atomic E-state index is 0.0272. The van der Waals surface area contributed by atoms with Crippen molar-refractivity contribution in [3.63, 3.8) is 0 Å². The number of morpholine rings is 1. The second-order valence-corrected chi connectivity index (χ2v) is 9.13. The number of benzene rings is 2. The van der Waals surface area contributed by atoms with Gasteiger partial charge in [-0.15, -0.1) is 0 Å². The predicted molar refractivity (Wildman–Crippen MR) is 130 cm³/mol. The molecule has 2 fully saturated rings. The Kier molecular flexibility index (Phi) is 6.76. The van der Waals surface area contributed by atoms with Crippen LogP contribution in [0, 0.1) is 5.92 Å². The van der Waals surface area contributed by atoms with E-state index in [4.69, 9.17) is 21.1 Å². The molecule has 1 amide bonds. The highest BCUT2D eigenvalue weighted by molar-refractivity contribution is 6.33. The van der Waals surface area contributed by atoms with Gasteiger partial charge in [-0.05, 0) is 47.7 Å². The van der Waals surface area contributed by atoms with Gasteiger partial charge in [-0.25, -0.2) is 0 Å². The zero-order valence-corrected chi connectivity index (χ0v) is 19.3. The summed E-state index contributed by atoms with van der Waals surface area (Å²) in [5.41, 5.74) is 2.80. The second kappa shape index (κ2) is 10.1. The van der Waals surface area contributed by atoms with Crippen LogP contribution >= 0.6 is 11.6 Å². The van der Waals surface area contributed by atoms with E-state index >= 15 is 0 Å². The summed E-state index contributed by atoms with van der Waals surface area (Å²) >= 11 is 6.47. The molecule has 6 nitrogen and oxygen atoms in total. The monoisotopic (exact) mass is 465 g/mol. The molecule has 3 aromatic rings. The van der Waals surface area contributed by atoms with Crippen LogP contribution in [0.3, 0.4) is 0 Å². The number of fused-ring (bicyclic) bond motifs is 1. The third kappa shape index (κ3) is 5.13. The van der Waals surface area contributed by atoms with Crippen LogP contribution in [0.1, 0.15) is 15.9 Å². The molecule has 1 aromatic heterocycles. The zero-order valence-electron chi connectivity index (χ0n) is 18.6. The molecule has 0 saturated carbocycles. The van der Waals surface area contributed by atoms with Crippen LogP contribution in [0.15, 0.2) is 54.9 Å². The molecule has 2 aromatic carbocycles. The van der Waals surface area contributed by atoms with E-state index < -0.39 is 0 Å². The van der Waals surface area contributed by atoms with E-state index in [1.54, 1.807) is 0 Å². The van der Waals surface area contributed by atoms with Crippen LogP contribution in [0.25, 0.3) is 10.8 Å². The number of anilines is 1. The Morgan fingerprint density at radius 2 is 1.85 bits per heavy atom. The van der Waals surface area contributed by atoms with Gasteiger partial charge in [0.15, 0.2) is 0 Å². The molecular weight excluding hydrogens is 438 g/mol. The first-order valence-electron chi connectivity index (χ1n) is 11.5. The molecule has 0 N–H and O–H groups in total. The Bertz CT molecular complexity index is 1130. The van der Waals surface area contributed by atoms with Crippen LogP contribution in [0.4, 0.5) is 5.69 Å². The highest BCUT2D eigenvalue weighted by Crippen LogP contribution is 2.29. The molecular formula is C26H28ClN3O3. The molecule has 0 spiro atoms. The van der Waals surface area contributed by atoms with Crippen molar-refractivity contribution < 1.29 is 14.3 Å². The van der Waals surface area contributed by atoms with E-state index in [0.29, 0.717) is 50.1 Å². The molecule has 5 rings (SSSR count). The molecule has 7 heteroatoms. The van der Waals surface area contributed by atoms with Crippen LogP contribution in [-0.2, 0) is 15.9 Å². The second-order valence-electron chi connectivity index (χ2n) is 8.72. The first-order chi connectivity index (χ1) is 16.2. The van der Waals surface area contributed by atoms with Crippen LogP contribution in [-0.4, -0.2) is 68.4 Å². The van der Waals surface area contributed by atoms with E-state index in [-0.39, 0.29) is 11.8 Å². The van der Waals surface area contributed by atoms with Crippen molar-refractivity contribution in [2.24, 2.45) is 5.92 Å². The number of amides is 1. The van der Waals surface area contributed by atoms with Gasteiger partial charge in [0.2, 0.25) is 0 Å². The molecule has 33 heavy (non-hydrogen) atoms. The van der Waals surface area contributed by atoms with Gasteiger partial charge < -0.3 is 19.3 Å². The Morgan fingerprint density at radius 3 is 2.73 bits per heavy atom. The third-order valence-electron chi connectivity index (χ3n) is 6.40. The fourth-order valence-electron chi connectivity index (χ4n) is 4.66. The number of carbonyl (C=O) groups excluding carboxylic acids is 1. The van der Waals surface area contributed by atoms with Crippen molar-refractivity contribution in [3.05, 3.63) is 71.0 Å². The number of hydrogen-bond donors (Lipinski definition) is 0. The molecule has 0 aliphatic carbocycles. The quantitative estimate of drug-likeness (QED) is 0.581. The van der Waals surface area contributed by atoms with Gasteiger partial charge in [0.1, 0.15) is 0 Å². The number of nitrogens with zero attached hydrogens (tertiary/aromatic N) is 3. The normalized spacial score (nSPS) is 19.5. The molecule has 0 bridgehead atoms. The van der Waals surface area contributed by atoms with Gasteiger partial charge in [0.05, 0.1) is 37.1 Å². The molecule has 172 valence electrons. The Morgan fingerprint density at radius 1 is 1.00 bits per heavy atom. The lowest BCUT2D eigenvalue weighted by Gasteiger charge is -2.30. The molecule has 1 atom stereocenters. The maximum Gasteiger partial charge on any atom is 0.254 e. The smallest absolute Gasteiger partial charge is 0.254 e. The summed E-state index contributed by atoms with van der Waals surface area (Å²) in [5, 5.41) is 2.98. The highest BCUT2D eigenvalue weighted by Gasteiger charge is 2.25. The highest BCUT2D eigenvalue weighted by atomic mass is 35.5. The Balaban J connectivity index is 1.31. The Hall–Kier alpha value is -2.67. The average Bonchev–Trinajstić information content (AvgIpc) is 3.10. The minimum absolute atomic E-state index is 0.0272. The van der Waals surface area contributed by atoms with Gasteiger partial charge >= 0.3 is 0 Å². The average molecular weight is 466 g/mol. The molecule has 2 saturated heterocycles. The van der Waals surface area contributed by atoms with Crippen molar-refractivity contribution in [3.8, 4) is 0 Å². The minimum Gasteiger partial charge on any atom is -0.379 e. The van der Waals surface area contributed by atoms with Gasteiger partial charge in [0.25, 0.3) is 5.91 Å². The zero-order chi connectivity index (χ0) is 22.6. The maximum atomic E-state index is 13.4. The number of pyridine rings is 1. The van der Waals surface area contributed by atoms with E-state index in [2.05, 4.69) is 28.1 Å². The van der Waals surface area contributed by atoms with Crippen molar-refractivity contribution in [1.82, 2.24) is 9.88 Å². The lowest BCUT2D eigenvalue weighted by atomic mass is 9.97. The molecule has 1 unspecified atom stereocenters. The summed E-state index contributed by atoms with van der Waals surface area (Å²) in [4.78, 5) is 21.8. The number of aromatic nitrogens is 1. The van der Waals surface area contributed by atoms with E-state index in [1.807, 2.05) is 41.6 Å². The van der Waals surface area contributed by atoms with Gasteiger partial charge in [-0.2, -0.15) is 0 Å². The van der Waals surface area contributed by atoms with Gasteiger partial charge in [-0.1, -0.05) is 23.7 Å². The number of halogens is 1. The fraction of sp³-hybridized carbons (Fsp3) is 0.385. The third-order valence-corrected chi connectivity index (χ3v) is 6.72. The van der Waals surface area contributed by atoms with Crippen LogP contribution < -0.4 is 4.90 Å². The van der Waals surface area contributed by atoms with Crippen LogP contribution in [0.5, 0.6) is 0 Å².